The van der Waals surface area contributed by atoms with Gasteiger partial charge in [0.05, 0.1) is 33.0 Å². The lowest BCUT2D eigenvalue weighted by atomic mass is 10.3. The molecule has 0 atom stereocenters. The van der Waals surface area contributed by atoms with E-state index in [-0.39, 0.29) is 0 Å². The minimum Gasteiger partial charge on any atom is -0.383 e. The quantitative estimate of drug-likeness (QED) is 0.540. The van der Waals surface area contributed by atoms with Gasteiger partial charge in [-0.15, -0.1) is 0 Å². The molecule has 1 rings (SSSR count). The van der Waals surface area contributed by atoms with Crippen molar-refractivity contribution in [2.75, 3.05) is 93.0 Å². The average molecular weight is 350 g/mol. The Hall–Kier alpha value is -0.240. The lowest BCUT2D eigenvalue weighted by Crippen LogP contribution is -2.48. The maximum absolute atomic E-state index is 5.59. The van der Waals surface area contributed by atoms with E-state index in [9.17, 15) is 0 Å². The highest BCUT2D eigenvalue weighted by molar-refractivity contribution is 4.71. The fourth-order valence-electron chi connectivity index (χ4n) is 2.15. The van der Waals surface area contributed by atoms with Gasteiger partial charge in [0.25, 0.3) is 0 Å². The summed E-state index contributed by atoms with van der Waals surface area (Å²) < 4.78 is 16.1. The average Bonchev–Trinajstić information content (AvgIpc) is 2.66. The van der Waals surface area contributed by atoms with E-state index in [1.807, 2.05) is 34.7 Å². The molecule has 0 bridgehead atoms. The number of nitrogens with one attached hydrogen (secondary N) is 1. The Labute approximate surface area is 150 Å². The highest BCUT2D eigenvalue weighted by Gasteiger charge is 2.15. The van der Waals surface area contributed by atoms with Crippen molar-refractivity contribution in [2.45, 2.75) is 27.7 Å². The number of hydrogen-bond acceptors (Lipinski definition) is 6. The van der Waals surface area contributed by atoms with Crippen molar-refractivity contribution in [3.8, 4) is 0 Å². The monoisotopic (exact) mass is 349 g/mol. The predicted octanol–water partition coefficient (Wildman–Crippen LogP) is 1.56. The first kappa shape index (κ1) is 26.0. The fourth-order valence-corrected chi connectivity index (χ4v) is 2.15. The first-order valence-electron chi connectivity index (χ1n) is 9.60. The highest BCUT2D eigenvalue weighted by atomic mass is 16.5. The SMILES string of the molecule is CC.CC.CNCCOCCOCCN1CCN(CCOC)CC1. The van der Waals surface area contributed by atoms with E-state index in [4.69, 9.17) is 14.2 Å². The molecule has 0 unspecified atom stereocenters. The molecule has 0 aromatic rings. The third-order valence-corrected chi connectivity index (χ3v) is 3.50. The van der Waals surface area contributed by atoms with Crippen LogP contribution in [0.15, 0.2) is 0 Å². The minimum absolute atomic E-state index is 0.687. The molecule has 148 valence electrons. The molecule has 1 aliphatic heterocycles. The van der Waals surface area contributed by atoms with Crippen molar-refractivity contribution in [3.05, 3.63) is 0 Å². The third kappa shape index (κ3) is 16.6. The summed E-state index contributed by atoms with van der Waals surface area (Å²) in [5, 5.41) is 3.04. The van der Waals surface area contributed by atoms with Crippen LogP contribution in [0.2, 0.25) is 0 Å². The largest absolute Gasteiger partial charge is 0.383 e. The Morgan fingerprint density at radius 2 is 1.17 bits per heavy atom. The van der Waals surface area contributed by atoms with Gasteiger partial charge in [0.1, 0.15) is 0 Å². The van der Waals surface area contributed by atoms with E-state index in [0.717, 1.165) is 65.6 Å². The molecular formula is C18H43N3O3. The van der Waals surface area contributed by atoms with E-state index in [2.05, 4.69) is 15.1 Å². The van der Waals surface area contributed by atoms with E-state index in [0.29, 0.717) is 13.2 Å². The zero-order valence-corrected chi connectivity index (χ0v) is 17.1. The maximum Gasteiger partial charge on any atom is 0.0701 e. The van der Waals surface area contributed by atoms with E-state index in [1.54, 1.807) is 7.11 Å². The number of piperazine rings is 1. The molecule has 24 heavy (non-hydrogen) atoms. The summed E-state index contributed by atoms with van der Waals surface area (Å²) in [6.45, 7) is 19.3. The standard InChI is InChI=1S/C14H31N3O3.2C2H6/c1-15-3-10-19-13-14-20-12-9-17-6-4-16(5-7-17)8-11-18-2;2*1-2/h15H,3-14H2,1-2H3;2*1-2H3. The van der Waals surface area contributed by atoms with Crippen LogP contribution in [0, 0.1) is 0 Å². The van der Waals surface area contributed by atoms with Crippen LogP contribution in [-0.2, 0) is 14.2 Å². The molecule has 1 fully saturated rings. The number of rotatable bonds is 12. The molecule has 0 aliphatic carbocycles. The second-order valence-electron chi connectivity index (χ2n) is 5.00. The van der Waals surface area contributed by atoms with Crippen LogP contribution in [0.3, 0.4) is 0 Å². The minimum atomic E-state index is 0.687. The van der Waals surface area contributed by atoms with Crippen molar-refractivity contribution in [1.82, 2.24) is 15.1 Å². The third-order valence-electron chi connectivity index (χ3n) is 3.50. The molecule has 0 aromatic carbocycles. The van der Waals surface area contributed by atoms with Gasteiger partial charge < -0.3 is 19.5 Å². The van der Waals surface area contributed by atoms with Gasteiger partial charge in [-0.3, -0.25) is 9.80 Å². The van der Waals surface area contributed by atoms with Crippen LogP contribution < -0.4 is 5.32 Å². The van der Waals surface area contributed by atoms with Crippen LogP contribution in [0.25, 0.3) is 0 Å². The molecule has 0 amide bonds. The van der Waals surface area contributed by atoms with Gasteiger partial charge in [0.15, 0.2) is 0 Å². The van der Waals surface area contributed by atoms with Gasteiger partial charge in [0.2, 0.25) is 0 Å². The zero-order valence-electron chi connectivity index (χ0n) is 17.1. The Morgan fingerprint density at radius 1 is 0.708 bits per heavy atom. The lowest BCUT2D eigenvalue weighted by molar-refractivity contribution is 0.0308. The smallest absolute Gasteiger partial charge is 0.0701 e. The van der Waals surface area contributed by atoms with E-state index in [1.165, 1.54) is 0 Å². The van der Waals surface area contributed by atoms with Crippen LogP contribution in [-0.4, -0.2) is 103 Å². The molecule has 0 aromatic heterocycles. The Kier molecular flexibility index (Phi) is 24.7. The molecule has 6 nitrogen and oxygen atoms in total. The van der Waals surface area contributed by atoms with Crippen LogP contribution in [0.5, 0.6) is 0 Å². The second-order valence-corrected chi connectivity index (χ2v) is 5.00. The summed E-state index contributed by atoms with van der Waals surface area (Å²) >= 11 is 0. The molecule has 1 N–H and O–H groups in total. The Balaban J connectivity index is 0. The zero-order chi connectivity index (χ0) is 18.5. The molecule has 0 spiro atoms. The number of methoxy groups -OCH3 is 1. The summed E-state index contributed by atoms with van der Waals surface area (Å²) in [5.41, 5.74) is 0. The van der Waals surface area contributed by atoms with Gasteiger partial charge in [-0.1, -0.05) is 27.7 Å². The molecule has 0 saturated carbocycles. The van der Waals surface area contributed by atoms with Crippen LogP contribution in [0.4, 0.5) is 0 Å². The van der Waals surface area contributed by atoms with Gasteiger partial charge in [0, 0.05) is 52.9 Å². The molecule has 0 radical (unpaired) electrons. The molecular weight excluding hydrogens is 306 g/mol. The first-order valence-corrected chi connectivity index (χ1v) is 9.60. The Morgan fingerprint density at radius 3 is 1.62 bits per heavy atom. The Bertz CT molecular complexity index is 214. The van der Waals surface area contributed by atoms with Crippen LogP contribution >= 0.6 is 0 Å². The van der Waals surface area contributed by atoms with Gasteiger partial charge in [-0.25, -0.2) is 0 Å². The summed E-state index contributed by atoms with van der Waals surface area (Å²) in [5.74, 6) is 0. The summed E-state index contributed by atoms with van der Waals surface area (Å²) in [7, 11) is 3.69. The molecule has 1 aliphatic rings. The molecule has 1 saturated heterocycles. The normalized spacial score (nSPS) is 15.2. The fraction of sp³-hybridized carbons (Fsp3) is 1.00. The number of hydrogen-bond donors (Lipinski definition) is 1. The number of likely N-dealkylation sites (N-methyl/N-ethyl adjacent to an activating group) is 1. The topological polar surface area (TPSA) is 46.2 Å². The van der Waals surface area contributed by atoms with E-state index < -0.39 is 0 Å². The summed E-state index contributed by atoms with van der Waals surface area (Å²) in [4.78, 5) is 4.92. The number of nitrogens with zero attached hydrogens (tertiary/aromatic N) is 2. The predicted molar refractivity (Wildman–Crippen MR) is 103 cm³/mol. The van der Waals surface area contributed by atoms with Crippen molar-refractivity contribution >= 4 is 0 Å². The van der Waals surface area contributed by atoms with Crippen molar-refractivity contribution < 1.29 is 14.2 Å². The molecule has 6 heteroatoms. The van der Waals surface area contributed by atoms with E-state index >= 15 is 0 Å². The number of ether oxygens (including phenoxy) is 3. The highest BCUT2D eigenvalue weighted by Crippen LogP contribution is 2.00. The lowest BCUT2D eigenvalue weighted by Gasteiger charge is -2.34. The van der Waals surface area contributed by atoms with Crippen molar-refractivity contribution in [1.29, 1.82) is 0 Å². The van der Waals surface area contributed by atoms with Gasteiger partial charge in [-0.05, 0) is 7.05 Å². The van der Waals surface area contributed by atoms with Crippen molar-refractivity contribution in [3.63, 3.8) is 0 Å². The van der Waals surface area contributed by atoms with Gasteiger partial charge >= 0.3 is 0 Å². The second kappa shape index (κ2) is 22.8. The van der Waals surface area contributed by atoms with Crippen molar-refractivity contribution in [2.24, 2.45) is 0 Å². The molecule has 1 heterocycles. The summed E-state index contributed by atoms with van der Waals surface area (Å²) in [6.07, 6.45) is 0. The maximum atomic E-state index is 5.59. The van der Waals surface area contributed by atoms with Gasteiger partial charge in [-0.2, -0.15) is 0 Å². The summed E-state index contributed by atoms with van der Waals surface area (Å²) in [6, 6.07) is 0. The van der Waals surface area contributed by atoms with Crippen LogP contribution in [0.1, 0.15) is 27.7 Å². The first-order chi connectivity index (χ1) is 11.9.